The highest BCUT2D eigenvalue weighted by Crippen LogP contribution is 2.31. The first-order valence-corrected chi connectivity index (χ1v) is 9.15. The summed E-state index contributed by atoms with van der Waals surface area (Å²) in [6.45, 7) is 5.27. The molecule has 148 valence electrons. The van der Waals surface area contributed by atoms with Crippen LogP contribution in [0.4, 0.5) is 10.2 Å². The molecule has 1 N–H and O–H groups in total. The maximum Gasteiger partial charge on any atom is 0.310 e. The molecule has 28 heavy (non-hydrogen) atoms. The fourth-order valence-electron chi connectivity index (χ4n) is 2.52. The number of carbonyl (C=O) groups excluding carboxylic acids is 2. The summed E-state index contributed by atoms with van der Waals surface area (Å²) < 4.78 is 25.2. The van der Waals surface area contributed by atoms with Crippen molar-refractivity contribution in [2.24, 2.45) is 5.92 Å². The van der Waals surface area contributed by atoms with Crippen molar-refractivity contribution in [2.75, 3.05) is 5.32 Å². The van der Waals surface area contributed by atoms with E-state index in [2.05, 4.69) is 10.3 Å². The van der Waals surface area contributed by atoms with Crippen LogP contribution in [-0.4, -0.2) is 22.5 Å². The molecule has 0 unspecified atom stereocenters. The van der Waals surface area contributed by atoms with E-state index < -0.39 is 17.4 Å². The van der Waals surface area contributed by atoms with Gasteiger partial charge in [0.1, 0.15) is 28.7 Å². The molecule has 1 aromatic heterocycles. The van der Waals surface area contributed by atoms with Gasteiger partial charge in [-0.25, -0.2) is 9.37 Å². The molecule has 0 spiro atoms. The zero-order chi connectivity index (χ0) is 20.3. The van der Waals surface area contributed by atoms with Gasteiger partial charge in [0.15, 0.2) is 0 Å². The second-order valence-electron chi connectivity index (χ2n) is 7.76. The van der Waals surface area contributed by atoms with Crippen molar-refractivity contribution in [1.82, 2.24) is 4.98 Å². The predicted molar refractivity (Wildman–Crippen MR) is 102 cm³/mol. The van der Waals surface area contributed by atoms with Crippen LogP contribution in [0.25, 0.3) is 0 Å². The number of benzene rings is 1. The molecule has 1 saturated carbocycles. The first kappa shape index (κ1) is 19.8. The van der Waals surface area contributed by atoms with Crippen molar-refractivity contribution in [2.45, 2.75) is 45.6 Å². The molecule has 6 nitrogen and oxygen atoms in total. The first-order valence-electron chi connectivity index (χ1n) is 9.15. The molecule has 0 bridgehead atoms. The van der Waals surface area contributed by atoms with Crippen molar-refractivity contribution in [1.29, 1.82) is 0 Å². The van der Waals surface area contributed by atoms with Gasteiger partial charge in [-0.15, -0.1) is 0 Å². The lowest BCUT2D eigenvalue weighted by molar-refractivity contribution is -0.154. The van der Waals surface area contributed by atoms with Gasteiger partial charge >= 0.3 is 5.97 Å². The molecule has 0 atom stereocenters. The Kier molecular flexibility index (Phi) is 5.63. The molecule has 0 radical (unpaired) electrons. The second kappa shape index (κ2) is 7.96. The summed E-state index contributed by atoms with van der Waals surface area (Å²) >= 11 is 0. The molecule has 7 heteroatoms. The van der Waals surface area contributed by atoms with Gasteiger partial charge in [-0.2, -0.15) is 0 Å². The Balaban J connectivity index is 1.64. The van der Waals surface area contributed by atoms with Crippen molar-refractivity contribution >= 4 is 17.7 Å². The van der Waals surface area contributed by atoms with E-state index >= 15 is 0 Å². The average Bonchev–Trinajstić information content (AvgIpc) is 3.41. The Morgan fingerprint density at radius 1 is 1.18 bits per heavy atom. The van der Waals surface area contributed by atoms with Gasteiger partial charge in [0.2, 0.25) is 5.91 Å². The topological polar surface area (TPSA) is 77.5 Å². The number of nitrogens with zero attached hydrogens (tertiary/aromatic N) is 1. The normalized spacial score (nSPS) is 13.7. The quantitative estimate of drug-likeness (QED) is 0.751. The third-order valence-corrected chi connectivity index (χ3v) is 3.95. The molecule has 1 heterocycles. The molecule has 1 aliphatic carbocycles. The van der Waals surface area contributed by atoms with E-state index in [0.29, 0.717) is 11.6 Å². The lowest BCUT2D eigenvalue weighted by Gasteiger charge is -2.19. The second-order valence-corrected chi connectivity index (χ2v) is 7.76. The number of halogens is 1. The van der Waals surface area contributed by atoms with Gasteiger partial charge in [-0.3, -0.25) is 9.59 Å². The van der Waals surface area contributed by atoms with Gasteiger partial charge in [-0.1, -0.05) is 6.07 Å². The monoisotopic (exact) mass is 386 g/mol. The minimum atomic E-state index is -0.620. The summed E-state index contributed by atoms with van der Waals surface area (Å²) in [7, 11) is 0. The van der Waals surface area contributed by atoms with Gasteiger partial charge in [-0.05, 0) is 51.3 Å². The van der Waals surface area contributed by atoms with E-state index in [-0.39, 0.29) is 29.6 Å². The van der Waals surface area contributed by atoms with Crippen LogP contribution in [0.1, 0.15) is 39.2 Å². The highest BCUT2D eigenvalue weighted by atomic mass is 19.1. The van der Waals surface area contributed by atoms with E-state index in [9.17, 15) is 14.0 Å². The Morgan fingerprint density at radius 2 is 1.89 bits per heavy atom. The van der Waals surface area contributed by atoms with Crippen molar-refractivity contribution in [3.8, 4) is 11.5 Å². The number of amides is 1. The van der Waals surface area contributed by atoms with Crippen LogP contribution in [0.5, 0.6) is 11.5 Å². The lowest BCUT2D eigenvalue weighted by atomic mass is 10.1. The maximum absolute atomic E-state index is 14.3. The Hall–Kier alpha value is -2.96. The van der Waals surface area contributed by atoms with Crippen LogP contribution in [0.2, 0.25) is 0 Å². The summed E-state index contributed by atoms with van der Waals surface area (Å²) in [6.07, 6.45) is 3.15. The number of ether oxygens (including phenoxy) is 2. The molecule has 0 saturated heterocycles. The Labute approximate surface area is 163 Å². The molecular formula is C21H23FN2O4. The maximum atomic E-state index is 14.3. The van der Waals surface area contributed by atoms with Crippen LogP contribution >= 0.6 is 0 Å². The smallest absolute Gasteiger partial charge is 0.310 e. The summed E-state index contributed by atoms with van der Waals surface area (Å²) in [5, 5.41) is 2.74. The number of aromatic nitrogens is 1. The number of hydrogen-bond donors (Lipinski definition) is 1. The first-order chi connectivity index (χ1) is 13.2. The zero-order valence-corrected chi connectivity index (χ0v) is 16.1. The van der Waals surface area contributed by atoms with Gasteiger partial charge in [0, 0.05) is 24.2 Å². The van der Waals surface area contributed by atoms with Gasteiger partial charge in [0.05, 0.1) is 6.42 Å². The molecule has 1 aromatic carbocycles. The average molecular weight is 386 g/mol. The summed E-state index contributed by atoms with van der Waals surface area (Å²) in [4.78, 5) is 27.8. The van der Waals surface area contributed by atoms with E-state index in [0.717, 1.165) is 12.8 Å². The predicted octanol–water partition coefficient (Wildman–Crippen LogP) is 4.25. The molecule has 1 fully saturated rings. The fraction of sp³-hybridized carbons (Fsp3) is 0.381. The zero-order valence-electron chi connectivity index (χ0n) is 16.1. The number of hydrogen-bond acceptors (Lipinski definition) is 5. The van der Waals surface area contributed by atoms with Crippen molar-refractivity contribution < 1.29 is 23.5 Å². The number of carbonyl (C=O) groups is 2. The largest absolute Gasteiger partial charge is 0.460 e. The van der Waals surface area contributed by atoms with Gasteiger partial charge in [0.25, 0.3) is 0 Å². The molecule has 1 aliphatic rings. The molecule has 0 aliphatic heterocycles. The minimum Gasteiger partial charge on any atom is -0.460 e. The summed E-state index contributed by atoms with van der Waals surface area (Å²) in [6, 6.07) is 7.46. The van der Waals surface area contributed by atoms with Crippen LogP contribution in [-0.2, 0) is 20.7 Å². The van der Waals surface area contributed by atoms with Crippen LogP contribution in [0.3, 0.4) is 0 Å². The van der Waals surface area contributed by atoms with Crippen LogP contribution in [0.15, 0.2) is 36.5 Å². The third-order valence-electron chi connectivity index (χ3n) is 3.95. The lowest BCUT2D eigenvalue weighted by Crippen LogP contribution is -2.25. The highest BCUT2D eigenvalue weighted by Gasteiger charge is 2.29. The molecule has 1 amide bonds. The number of anilines is 1. The number of esters is 1. The van der Waals surface area contributed by atoms with Crippen molar-refractivity contribution in [3.05, 3.63) is 47.9 Å². The highest BCUT2D eigenvalue weighted by molar-refractivity contribution is 5.93. The number of pyridine rings is 1. The summed E-state index contributed by atoms with van der Waals surface area (Å²) in [5.41, 5.74) is -0.390. The fourth-order valence-corrected chi connectivity index (χ4v) is 2.52. The molecule has 2 aromatic rings. The van der Waals surface area contributed by atoms with Crippen molar-refractivity contribution in [3.63, 3.8) is 0 Å². The van der Waals surface area contributed by atoms with E-state index in [1.807, 2.05) is 0 Å². The van der Waals surface area contributed by atoms with Crippen LogP contribution < -0.4 is 10.1 Å². The SMILES string of the molecule is CC(C)(C)OC(=O)Cc1ccc(Oc2ccnc(NC(=O)C3CC3)c2)cc1F. The van der Waals surface area contributed by atoms with Crippen LogP contribution in [0, 0.1) is 11.7 Å². The number of rotatable bonds is 6. The van der Waals surface area contributed by atoms with E-state index in [4.69, 9.17) is 9.47 Å². The molecular weight excluding hydrogens is 363 g/mol. The Morgan fingerprint density at radius 3 is 2.54 bits per heavy atom. The standard InChI is InChI=1S/C21H23FN2O4/c1-21(2,3)28-19(25)10-14-6-7-15(11-17(14)22)27-16-8-9-23-18(12-16)24-20(26)13-4-5-13/h6-9,11-13H,4-5,10H2,1-3H3,(H,23,24,26). The minimum absolute atomic E-state index is 0.0535. The molecule has 3 rings (SSSR count). The summed E-state index contributed by atoms with van der Waals surface area (Å²) in [5.74, 6) is 0.0398. The van der Waals surface area contributed by atoms with E-state index in [1.54, 1.807) is 39.0 Å². The third kappa shape index (κ3) is 5.77. The van der Waals surface area contributed by atoms with Gasteiger partial charge < -0.3 is 14.8 Å². The van der Waals surface area contributed by atoms with E-state index in [1.165, 1.54) is 18.3 Å². The number of nitrogens with one attached hydrogen (secondary N) is 1. The Bertz CT molecular complexity index is 888.